The third-order valence-corrected chi connectivity index (χ3v) is 5.33. The number of nitrogens with two attached hydrogens (primary N) is 1. The average Bonchev–Trinajstić information content (AvgIpc) is 2.86. The van der Waals surface area contributed by atoms with E-state index >= 15 is 0 Å². The number of rotatable bonds is 6. The zero-order chi connectivity index (χ0) is 15.4. The Morgan fingerprint density at radius 2 is 2.14 bits per heavy atom. The van der Waals surface area contributed by atoms with Crippen molar-refractivity contribution >= 4 is 15.9 Å². The van der Waals surface area contributed by atoms with Gasteiger partial charge in [-0.25, -0.2) is 0 Å². The van der Waals surface area contributed by atoms with Crippen molar-refractivity contribution in [1.82, 2.24) is 9.80 Å². The summed E-state index contributed by atoms with van der Waals surface area (Å²) in [5.41, 5.74) is 7.75. The van der Waals surface area contributed by atoms with Gasteiger partial charge in [-0.05, 0) is 51.0 Å². The average molecular weight is 354 g/mol. The van der Waals surface area contributed by atoms with Crippen LogP contribution in [0.3, 0.4) is 0 Å². The summed E-state index contributed by atoms with van der Waals surface area (Å²) in [6.07, 6.45) is 2.28. The first-order valence-corrected chi connectivity index (χ1v) is 8.71. The minimum absolute atomic E-state index is 0.160. The van der Waals surface area contributed by atoms with Gasteiger partial charge < -0.3 is 10.6 Å². The van der Waals surface area contributed by atoms with Crippen LogP contribution in [0.25, 0.3) is 0 Å². The number of halogens is 1. The van der Waals surface area contributed by atoms with Crippen LogP contribution < -0.4 is 5.73 Å². The molecule has 0 aromatic heterocycles. The molecule has 21 heavy (non-hydrogen) atoms. The summed E-state index contributed by atoms with van der Waals surface area (Å²) in [5.74, 6) is 0.758. The lowest BCUT2D eigenvalue weighted by molar-refractivity contribution is 0.180. The van der Waals surface area contributed by atoms with E-state index in [1.165, 1.54) is 25.1 Å². The van der Waals surface area contributed by atoms with E-state index in [0.717, 1.165) is 23.4 Å². The maximum Gasteiger partial charge on any atom is 0.0507 e. The maximum absolute atomic E-state index is 6.45. The summed E-state index contributed by atoms with van der Waals surface area (Å²) in [5, 5.41) is 0. The van der Waals surface area contributed by atoms with Gasteiger partial charge in [0.1, 0.15) is 0 Å². The van der Waals surface area contributed by atoms with E-state index in [2.05, 4.69) is 71.0 Å². The van der Waals surface area contributed by atoms with Crippen molar-refractivity contribution in [1.29, 1.82) is 0 Å². The van der Waals surface area contributed by atoms with Crippen molar-refractivity contribution in [2.24, 2.45) is 11.7 Å². The topological polar surface area (TPSA) is 32.5 Å². The second-order valence-electron chi connectivity index (χ2n) is 6.39. The van der Waals surface area contributed by atoms with Gasteiger partial charge in [0, 0.05) is 23.6 Å². The molecule has 1 aliphatic heterocycles. The van der Waals surface area contributed by atoms with Crippen molar-refractivity contribution in [3.8, 4) is 0 Å². The highest BCUT2D eigenvalue weighted by Crippen LogP contribution is 2.31. The van der Waals surface area contributed by atoms with Crippen LogP contribution in [-0.4, -0.2) is 49.6 Å². The molecule has 0 spiro atoms. The number of likely N-dealkylation sites (N-methyl/N-ethyl adjacent to an activating group) is 1. The number of benzene rings is 1. The third-order valence-electron chi connectivity index (χ3n) is 4.61. The van der Waals surface area contributed by atoms with Gasteiger partial charge in [0.25, 0.3) is 0 Å². The largest absolute Gasteiger partial charge is 0.326 e. The van der Waals surface area contributed by atoms with Crippen LogP contribution in [0.1, 0.15) is 31.4 Å². The molecule has 0 bridgehead atoms. The van der Waals surface area contributed by atoms with Gasteiger partial charge in [0.05, 0.1) is 6.04 Å². The molecule has 0 amide bonds. The van der Waals surface area contributed by atoms with Crippen molar-refractivity contribution in [3.63, 3.8) is 0 Å². The highest BCUT2D eigenvalue weighted by Gasteiger charge is 2.28. The molecule has 1 aromatic rings. The van der Waals surface area contributed by atoms with Crippen molar-refractivity contribution in [2.75, 3.05) is 33.7 Å². The van der Waals surface area contributed by atoms with E-state index in [0.29, 0.717) is 0 Å². The lowest BCUT2D eigenvalue weighted by Gasteiger charge is -2.35. The van der Waals surface area contributed by atoms with Crippen LogP contribution in [0.5, 0.6) is 0 Å². The van der Waals surface area contributed by atoms with Gasteiger partial charge in [0.15, 0.2) is 0 Å². The molecular formula is C17H28BrN3. The molecule has 0 saturated carbocycles. The number of likely N-dealkylation sites (tertiary alicyclic amines) is 1. The molecule has 1 fully saturated rings. The van der Waals surface area contributed by atoms with E-state index in [9.17, 15) is 0 Å². The predicted molar refractivity (Wildman–Crippen MR) is 93.4 cm³/mol. The van der Waals surface area contributed by atoms with E-state index in [1.54, 1.807) is 0 Å². The lowest BCUT2D eigenvalue weighted by Crippen LogP contribution is -2.41. The van der Waals surface area contributed by atoms with Crippen LogP contribution in [0.15, 0.2) is 28.7 Å². The molecule has 4 heteroatoms. The van der Waals surface area contributed by atoms with E-state index in [4.69, 9.17) is 5.73 Å². The molecule has 3 atom stereocenters. The zero-order valence-electron chi connectivity index (χ0n) is 13.4. The normalized spacial score (nSPS) is 22.7. The summed E-state index contributed by atoms with van der Waals surface area (Å²) < 4.78 is 1.16. The van der Waals surface area contributed by atoms with Crippen molar-refractivity contribution < 1.29 is 0 Å². The first kappa shape index (κ1) is 16.9. The van der Waals surface area contributed by atoms with Crippen LogP contribution >= 0.6 is 15.9 Å². The molecular weight excluding hydrogens is 326 g/mol. The van der Waals surface area contributed by atoms with Gasteiger partial charge in [-0.2, -0.15) is 0 Å². The van der Waals surface area contributed by atoms with Gasteiger partial charge in [-0.15, -0.1) is 0 Å². The van der Waals surface area contributed by atoms with Crippen molar-refractivity contribution in [2.45, 2.75) is 31.8 Å². The smallest absolute Gasteiger partial charge is 0.0507 e. The van der Waals surface area contributed by atoms with Gasteiger partial charge in [-0.3, -0.25) is 4.90 Å². The molecule has 2 rings (SSSR count). The minimum Gasteiger partial charge on any atom is -0.326 e. The van der Waals surface area contributed by atoms with Crippen LogP contribution in [0.2, 0.25) is 0 Å². The Hall–Kier alpha value is -0.420. The summed E-state index contributed by atoms with van der Waals surface area (Å²) in [4.78, 5) is 4.88. The molecule has 2 N–H and O–H groups in total. The van der Waals surface area contributed by atoms with Crippen molar-refractivity contribution in [3.05, 3.63) is 34.3 Å². The molecule has 3 nitrogen and oxygen atoms in total. The van der Waals surface area contributed by atoms with Crippen LogP contribution in [-0.2, 0) is 0 Å². The fraction of sp³-hybridized carbons (Fsp3) is 0.647. The monoisotopic (exact) mass is 353 g/mol. The Bertz CT molecular complexity index is 451. The Morgan fingerprint density at radius 3 is 2.71 bits per heavy atom. The maximum atomic E-state index is 6.45. The van der Waals surface area contributed by atoms with Gasteiger partial charge >= 0.3 is 0 Å². The molecule has 0 aliphatic carbocycles. The Labute approximate surface area is 137 Å². The zero-order valence-corrected chi connectivity index (χ0v) is 15.0. The molecule has 0 radical (unpaired) electrons. The summed E-state index contributed by atoms with van der Waals surface area (Å²) in [7, 11) is 4.43. The van der Waals surface area contributed by atoms with E-state index in [1.807, 2.05) is 0 Å². The SMILES string of the molecule is CCC(N)C(c1ccccc1Br)N(C)CC1CCN(C)C1. The third kappa shape index (κ3) is 4.28. The molecule has 1 saturated heterocycles. The highest BCUT2D eigenvalue weighted by atomic mass is 79.9. The van der Waals surface area contributed by atoms with Gasteiger partial charge in [-0.1, -0.05) is 41.1 Å². The van der Waals surface area contributed by atoms with E-state index < -0.39 is 0 Å². The second kappa shape index (κ2) is 7.73. The first-order chi connectivity index (χ1) is 10.0. The lowest BCUT2D eigenvalue weighted by atomic mass is 9.95. The summed E-state index contributed by atoms with van der Waals surface area (Å²) in [6, 6.07) is 8.91. The highest BCUT2D eigenvalue weighted by molar-refractivity contribution is 9.10. The second-order valence-corrected chi connectivity index (χ2v) is 7.25. The molecule has 1 aromatic carbocycles. The molecule has 1 aliphatic rings. The standard InChI is InChI=1S/C17H28BrN3/c1-4-16(19)17(14-7-5-6-8-15(14)18)21(3)12-13-9-10-20(2)11-13/h5-8,13,16-17H,4,9-12,19H2,1-3H3. The first-order valence-electron chi connectivity index (χ1n) is 7.91. The predicted octanol–water partition coefficient (Wildman–Crippen LogP) is 3.11. The Kier molecular flexibility index (Phi) is 6.23. The number of hydrogen-bond acceptors (Lipinski definition) is 3. The number of nitrogens with zero attached hydrogens (tertiary/aromatic N) is 2. The minimum atomic E-state index is 0.160. The van der Waals surface area contributed by atoms with Crippen LogP contribution in [0.4, 0.5) is 0 Å². The summed E-state index contributed by atoms with van der Waals surface area (Å²) >= 11 is 3.69. The van der Waals surface area contributed by atoms with Gasteiger partial charge in [0.2, 0.25) is 0 Å². The molecule has 1 heterocycles. The quantitative estimate of drug-likeness (QED) is 0.852. The Balaban J connectivity index is 2.14. The number of hydrogen-bond donors (Lipinski definition) is 1. The fourth-order valence-corrected chi connectivity index (χ4v) is 3.95. The fourth-order valence-electron chi connectivity index (χ4n) is 3.43. The molecule has 118 valence electrons. The van der Waals surface area contributed by atoms with E-state index in [-0.39, 0.29) is 12.1 Å². The molecule has 3 unspecified atom stereocenters. The Morgan fingerprint density at radius 1 is 1.43 bits per heavy atom. The summed E-state index contributed by atoms with van der Waals surface area (Å²) in [6.45, 7) is 5.71. The van der Waals surface area contributed by atoms with Crippen LogP contribution in [0, 0.1) is 5.92 Å².